The van der Waals surface area contributed by atoms with Gasteiger partial charge in [-0.3, -0.25) is 4.79 Å². The molecule has 106 valence electrons. The molecule has 0 atom stereocenters. The van der Waals surface area contributed by atoms with Crippen molar-refractivity contribution in [1.82, 2.24) is 14.5 Å². The standard InChI is InChI=1S/C16H14IN3O/c1-8-15-14-11(5-6-20(15)9(2)18-16(8)21)12-7-10(17)3-4-13(12)19-14/h3-4,7,19H,5-6H2,1-2H3. The maximum absolute atomic E-state index is 12.1. The van der Waals surface area contributed by atoms with Gasteiger partial charge in [0.1, 0.15) is 5.82 Å². The number of aromatic amines is 1. The number of halogens is 1. The lowest BCUT2D eigenvalue weighted by molar-refractivity contribution is 0.635. The second-order valence-corrected chi connectivity index (χ2v) is 6.75. The van der Waals surface area contributed by atoms with Crippen LogP contribution in [0.5, 0.6) is 0 Å². The van der Waals surface area contributed by atoms with Crippen molar-refractivity contribution in [2.45, 2.75) is 26.8 Å². The minimum atomic E-state index is -0.125. The van der Waals surface area contributed by atoms with Crippen LogP contribution in [-0.4, -0.2) is 14.5 Å². The summed E-state index contributed by atoms with van der Waals surface area (Å²) in [7, 11) is 0. The second kappa shape index (κ2) is 4.43. The van der Waals surface area contributed by atoms with Crippen molar-refractivity contribution in [1.29, 1.82) is 0 Å². The zero-order valence-electron chi connectivity index (χ0n) is 11.8. The van der Waals surface area contributed by atoms with Gasteiger partial charge in [0.2, 0.25) is 0 Å². The summed E-state index contributed by atoms with van der Waals surface area (Å²) in [5.74, 6) is 0.791. The van der Waals surface area contributed by atoms with E-state index in [-0.39, 0.29) is 5.56 Å². The first-order valence-corrected chi connectivity index (χ1v) is 8.02. The molecular weight excluding hydrogens is 377 g/mol. The highest BCUT2D eigenvalue weighted by atomic mass is 127. The Hall–Kier alpha value is -1.63. The van der Waals surface area contributed by atoms with Crippen molar-refractivity contribution in [2.24, 2.45) is 0 Å². The number of nitrogens with one attached hydrogen (secondary N) is 1. The normalized spacial score (nSPS) is 13.3. The molecule has 0 amide bonds. The van der Waals surface area contributed by atoms with Crippen molar-refractivity contribution in [2.75, 3.05) is 0 Å². The predicted molar refractivity (Wildman–Crippen MR) is 91.7 cm³/mol. The lowest BCUT2D eigenvalue weighted by atomic mass is 10.00. The number of H-pyrrole nitrogens is 1. The summed E-state index contributed by atoms with van der Waals surface area (Å²) < 4.78 is 3.38. The van der Waals surface area contributed by atoms with Crippen LogP contribution in [0, 0.1) is 17.4 Å². The zero-order chi connectivity index (χ0) is 14.7. The maximum atomic E-state index is 12.1. The molecule has 0 bridgehead atoms. The summed E-state index contributed by atoms with van der Waals surface area (Å²) in [6.45, 7) is 4.65. The van der Waals surface area contributed by atoms with E-state index >= 15 is 0 Å². The highest BCUT2D eigenvalue weighted by Crippen LogP contribution is 2.36. The molecule has 0 fully saturated rings. The fourth-order valence-corrected chi connectivity index (χ4v) is 3.75. The van der Waals surface area contributed by atoms with Gasteiger partial charge in [-0.25, -0.2) is 0 Å². The summed E-state index contributed by atoms with van der Waals surface area (Å²) in [6, 6.07) is 6.42. The lowest BCUT2D eigenvalue weighted by Crippen LogP contribution is -2.24. The monoisotopic (exact) mass is 391 g/mol. The molecule has 1 aromatic carbocycles. The molecule has 0 radical (unpaired) electrons. The summed E-state index contributed by atoms with van der Waals surface area (Å²) in [4.78, 5) is 19.7. The first kappa shape index (κ1) is 13.1. The third-order valence-corrected chi connectivity index (χ3v) is 4.96. The molecule has 1 aliphatic rings. The van der Waals surface area contributed by atoms with Crippen LogP contribution in [0.15, 0.2) is 23.0 Å². The summed E-state index contributed by atoms with van der Waals surface area (Å²) in [6.07, 6.45) is 0.966. The van der Waals surface area contributed by atoms with Crippen molar-refractivity contribution in [3.05, 3.63) is 49.1 Å². The molecular formula is C16H14IN3O. The lowest BCUT2D eigenvalue weighted by Gasteiger charge is -2.22. The SMILES string of the molecule is Cc1c2n(c(C)nc1=O)CCc1c-2[nH]c2ccc(I)cc12. The van der Waals surface area contributed by atoms with E-state index in [1.165, 1.54) is 14.5 Å². The molecule has 0 saturated carbocycles. The number of hydrogen-bond donors (Lipinski definition) is 1. The van der Waals surface area contributed by atoms with E-state index in [0.717, 1.165) is 41.3 Å². The molecule has 0 aliphatic carbocycles. The Labute approximate surface area is 135 Å². The Balaban J connectivity index is 2.14. The number of aromatic nitrogens is 3. The van der Waals surface area contributed by atoms with Crippen molar-refractivity contribution < 1.29 is 0 Å². The topological polar surface area (TPSA) is 50.7 Å². The van der Waals surface area contributed by atoms with Crippen molar-refractivity contribution >= 4 is 33.5 Å². The van der Waals surface area contributed by atoms with E-state index < -0.39 is 0 Å². The number of fused-ring (bicyclic) bond motifs is 5. The number of nitrogens with zero attached hydrogens (tertiary/aromatic N) is 2. The Morgan fingerprint density at radius 2 is 2.14 bits per heavy atom. The maximum Gasteiger partial charge on any atom is 0.276 e. The van der Waals surface area contributed by atoms with E-state index in [0.29, 0.717) is 0 Å². The molecule has 21 heavy (non-hydrogen) atoms. The molecule has 4 rings (SSSR count). The van der Waals surface area contributed by atoms with Crippen LogP contribution < -0.4 is 5.56 Å². The van der Waals surface area contributed by atoms with Gasteiger partial charge in [0.05, 0.1) is 11.4 Å². The quantitative estimate of drug-likeness (QED) is 0.599. The van der Waals surface area contributed by atoms with Gasteiger partial charge in [-0.05, 0) is 66.6 Å². The average molecular weight is 391 g/mol. The number of benzene rings is 1. The van der Waals surface area contributed by atoms with Gasteiger partial charge >= 0.3 is 0 Å². The molecule has 0 saturated heterocycles. The smallest absolute Gasteiger partial charge is 0.276 e. The molecule has 3 aromatic rings. The fraction of sp³-hybridized carbons (Fsp3) is 0.250. The Morgan fingerprint density at radius 1 is 1.33 bits per heavy atom. The van der Waals surface area contributed by atoms with E-state index in [1.54, 1.807) is 0 Å². The van der Waals surface area contributed by atoms with E-state index in [4.69, 9.17) is 0 Å². The van der Waals surface area contributed by atoms with Gasteiger partial charge in [-0.2, -0.15) is 4.98 Å². The van der Waals surface area contributed by atoms with Crippen LogP contribution in [0.2, 0.25) is 0 Å². The van der Waals surface area contributed by atoms with Gasteiger partial charge < -0.3 is 9.55 Å². The van der Waals surface area contributed by atoms with Crippen LogP contribution in [0.1, 0.15) is 17.0 Å². The molecule has 1 aliphatic heterocycles. The molecule has 4 nitrogen and oxygen atoms in total. The van der Waals surface area contributed by atoms with Crippen LogP contribution in [0.25, 0.3) is 22.3 Å². The minimum Gasteiger partial charge on any atom is -0.353 e. The number of hydrogen-bond acceptors (Lipinski definition) is 2. The molecule has 0 unspecified atom stereocenters. The van der Waals surface area contributed by atoms with Crippen molar-refractivity contribution in [3.63, 3.8) is 0 Å². The van der Waals surface area contributed by atoms with Gasteiger partial charge in [0, 0.05) is 26.6 Å². The molecule has 1 N–H and O–H groups in total. The number of aryl methyl sites for hydroxylation is 2. The summed E-state index contributed by atoms with van der Waals surface area (Å²) in [5, 5.41) is 1.27. The zero-order valence-corrected chi connectivity index (χ0v) is 14.0. The van der Waals surface area contributed by atoms with Crippen molar-refractivity contribution in [3.8, 4) is 11.4 Å². The first-order chi connectivity index (χ1) is 10.1. The average Bonchev–Trinajstić information content (AvgIpc) is 2.82. The van der Waals surface area contributed by atoms with Crippen LogP contribution in [-0.2, 0) is 13.0 Å². The van der Waals surface area contributed by atoms with Gasteiger partial charge in [0.15, 0.2) is 0 Å². The third kappa shape index (κ3) is 1.79. The number of rotatable bonds is 0. The van der Waals surface area contributed by atoms with Crippen LogP contribution >= 0.6 is 22.6 Å². The van der Waals surface area contributed by atoms with Crippen LogP contribution in [0.3, 0.4) is 0 Å². The van der Waals surface area contributed by atoms with E-state index in [2.05, 4.69) is 55.3 Å². The highest BCUT2D eigenvalue weighted by Gasteiger charge is 2.24. The Kier molecular flexibility index (Phi) is 2.76. The largest absolute Gasteiger partial charge is 0.353 e. The summed E-state index contributed by atoms with van der Waals surface area (Å²) >= 11 is 2.34. The molecule has 2 aromatic heterocycles. The van der Waals surface area contributed by atoms with Gasteiger partial charge in [0.25, 0.3) is 5.56 Å². The van der Waals surface area contributed by atoms with E-state index in [9.17, 15) is 4.79 Å². The highest BCUT2D eigenvalue weighted by molar-refractivity contribution is 14.1. The van der Waals surface area contributed by atoms with Gasteiger partial charge in [-0.15, -0.1) is 0 Å². The van der Waals surface area contributed by atoms with E-state index in [1.807, 2.05) is 13.8 Å². The minimum absolute atomic E-state index is 0.125. The van der Waals surface area contributed by atoms with Crippen LogP contribution in [0.4, 0.5) is 0 Å². The summed E-state index contributed by atoms with van der Waals surface area (Å²) in [5.41, 5.74) is 5.13. The first-order valence-electron chi connectivity index (χ1n) is 6.95. The molecule has 3 heterocycles. The Morgan fingerprint density at radius 3 is 2.95 bits per heavy atom. The second-order valence-electron chi connectivity index (χ2n) is 5.51. The Bertz CT molecular complexity index is 952. The fourth-order valence-electron chi connectivity index (χ4n) is 3.26. The predicted octanol–water partition coefficient (Wildman–Crippen LogP) is 3.17. The van der Waals surface area contributed by atoms with Gasteiger partial charge in [-0.1, -0.05) is 0 Å². The molecule has 5 heteroatoms. The third-order valence-electron chi connectivity index (χ3n) is 4.29. The molecule has 0 spiro atoms.